The number of aliphatic hydroxyl groups is 1. The second-order valence-electron chi connectivity index (χ2n) is 10.1. The average Bonchev–Trinajstić information content (AvgIpc) is 3.56. The molecule has 1 N–H and O–H groups in total. The Morgan fingerprint density at radius 3 is 2.55 bits per heavy atom. The van der Waals surface area contributed by atoms with Gasteiger partial charge in [0.05, 0.1) is 36.9 Å². The Labute approximate surface area is 243 Å². The van der Waals surface area contributed by atoms with Crippen molar-refractivity contribution in [3.05, 3.63) is 82.4 Å². The predicted molar refractivity (Wildman–Crippen MR) is 153 cm³/mol. The molecule has 1 aromatic heterocycles. The normalized spacial score (nSPS) is 19.1. The number of carbonyl (C=O) groups is 1. The number of methoxy groups -OCH3 is 1. The largest absolute Gasteiger partial charge is 0.497 e. The third-order valence-corrected chi connectivity index (χ3v) is 9.37. The van der Waals surface area contributed by atoms with E-state index in [0.717, 1.165) is 17.1 Å². The van der Waals surface area contributed by atoms with Gasteiger partial charge in [0.2, 0.25) is 16.3 Å². The van der Waals surface area contributed by atoms with Crippen molar-refractivity contribution < 1.29 is 36.9 Å². The first-order valence-electron chi connectivity index (χ1n) is 13.9. The minimum atomic E-state index is -3.94. The van der Waals surface area contributed by atoms with Crippen LogP contribution in [-0.4, -0.2) is 81.4 Å². The molecule has 2 aliphatic rings. The summed E-state index contributed by atoms with van der Waals surface area (Å²) >= 11 is 0. The maximum atomic E-state index is 13.4. The number of nitrogens with zero attached hydrogens (tertiary/aromatic N) is 2. The van der Waals surface area contributed by atoms with Gasteiger partial charge in [0.1, 0.15) is 11.3 Å². The van der Waals surface area contributed by atoms with Gasteiger partial charge in [-0.1, -0.05) is 12.1 Å². The van der Waals surface area contributed by atoms with Crippen LogP contribution in [-0.2, 0) is 24.3 Å². The van der Waals surface area contributed by atoms with E-state index in [2.05, 4.69) is 0 Å². The minimum Gasteiger partial charge on any atom is -0.497 e. The Bertz CT molecular complexity index is 1600. The van der Waals surface area contributed by atoms with Crippen LogP contribution < -0.4 is 10.2 Å². The lowest BCUT2D eigenvalue weighted by molar-refractivity contribution is -0.152. The fourth-order valence-corrected chi connectivity index (χ4v) is 6.61. The number of para-hydroxylation sites is 1. The molecule has 0 saturated carbocycles. The van der Waals surface area contributed by atoms with Crippen LogP contribution in [0.4, 0.5) is 0 Å². The molecule has 5 rings (SSSR count). The van der Waals surface area contributed by atoms with E-state index < -0.39 is 22.2 Å². The fraction of sp³-hybridized carbons (Fsp3) is 0.400. The molecule has 3 aromatic rings. The molecule has 42 heavy (non-hydrogen) atoms. The van der Waals surface area contributed by atoms with E-state index in [1.54, 1.807) is 47.4 Å². The van der Waals surface area contributed by atoms with Crippen LogP contribution >= 0.6 is 0 Å². The van der Waals surface area contributed by atoms with Gasteiger partial charge in [-0.05, 0) is 55.3 Å². The van der Waals surface area contributed by atoms with E-state index in [4.69, 9.17) is 18.6 Å². The number of hydrogen-bond acceptors (Lipinski definition) is 9. The lowest BCUT2D eigenvalue weighted by Gasteiger charge is -2.31. The zero-order valence-electron chi connectivity index (χ0n) is 23.3. The summed E-state index contributed by atoms with van der Waals surface area (Å²) in [4.78, 5) is 28.4. The van der Waals surface area contributed by atoms with Gasteiger partial charge in [-0.15, -0.1) is 0 Å². The van der Waals surface area contributed by atoms with Crippen LogP contribution in [0.15, 0.2) is 80.7 Å². The van der Waals surface area contributed by atoms with E-state index in [9.17, 15) is 23.1 Å². The molecule has 2 aromatic carbocycles. The Morgan fingerprint density at radius 1 is 1.10 bits per heavy atom. The Kier molecular flexibility index (Phi) is 9.27. The SMILES string of the molecule is COc1ccc(S(=O)(=O)N(CCO)CCO[C@H]2C[C@@H](c3coc4ccccc4c3=O)C=C(C(=O)N3CCCC3)O2)cc1. The number of amides is 1. The van der Waals surface area contributed by atoms with Crippen LogP contribution in [0.5, 0.6) is 5.75 Å². The Morgan fingerprint density at radius 2 is 1.83 bits per heavy atom. The van der Waals surface area contributed by atoms with E-state index in [0.29, 0.717) is 35.4 Å². The number of aliphatic hydroxyl groups excluding tert-OH is 1. The van der Waals surface area contributed by atoms with Gasteiger partial charge in [0, 0.05) is 44.1 Å². The van der Waals surface area contributed by atoms with Gasteiger partial charge < -0.3 is 28.6 Å². The average molecular weight is 599 g/mol. The molecule has 12 heteroatoms. The lowest BCUT2D eigenvalue weighted by atomic mass is 9.93. The number of sulfonamides is 1. The molecule has 0 radical (unpaired) electrons. The second kappa shape index (κ2) is 13.1. The quantitative estimate of drug-likeness (QED) is 0.353. The van der Waals surface area contributed by atoms with Crippen molar-refractivity contribution in [1.29, 1.82) is 0 Å². The van der Waals surface area contributed by atoms with Gasteiger partial charge in [0.15, 0.2) is 11.2 Å². The smallest absolute Gasteiger partial charge is 0.288 e. The number of allylic oxidation sites excluding steroid dienone is 1. The standard InChI is InChI=1S/C30H34N2O9S/c1-38-22-8-10-23(11-9-22)42(36,37)32(14-16-33)15-17-39-28-19-21(18-27(41-28)30(35)31-12-4-5-13-31)25-20-40-26-7-3-2-6-24(26)29(25)34/h2-3,6-11,18,20-21,28,33H,4-5,12-17,19H2,1H3/t21-,28+/m0/s1. The van der Waals surface area contributed by atoms with Gasteiger partial charge in [-0.3, -0.25) is 9.59 Å². The van der Waals surface area contributed by atoms with Crippen molar-refractivity contribution >= 4 is 26.9 Å². The van der Waals surface area contributed by atoms with Crippen molar-refractivity contribution in [2.24, 2.45) is 0 Å². The van der Waals surface area contributed by atoms with Gasteiger partial charge in [-0.25, -0.2) is 8.42 Å². The summed E-state index contributed by atoms with van der Waals surface area (Å²) in [5.74, 6) is -0.200. The van der Waals surface area contributed by atoms with Crippen LogP contribution in [0.1, 0.15) is 30.7 Å². The maximum Gasteiger partial charge on any atom is 0.288 e. The molecule has 1 fully saturated rings. The molecule has 224 valence electrons. The molecular weight excluding hydrogens is 564 g/mol. The molecule has 0 aliphatic carbocycles. The third-order valence-electron chi connectivity index (χ3n) is 7.46. The molecule has 2 atom stereocenters. The zero-order valence-corrected chi connectivity index (χ0v) is 24.1. The van der Waals surface area contributed by atoms with E-state index in [1.165, 1.54) is 25.5 Å². The summed E-state index contributed by atoms with van der Waals surface area (Å²) in [5.41, 5.74) is 0.637. The molecule has 0 spiro atoms. The van der Waals surface area contributed by atoms with Crippen molar-refractivity contribution in [2.75, 3.05) is 46.5 Å². The zero-order chi connectivity index (χ0) is 29.7. The predicted octanol–water partition coefficient (Wildman–Crippen LogP) is 2.84. The number of hydrogen-bond donors (Lipinski definition) is 1. The van der Waals surface area contributed by atoms with Gasteiger partial charge >= 0.3 is 0 Å². The molecule has 1 saturated heterocycles. The number of likely N-dealkylation sites (tertiary alicyclic amines) is 1. The summed E-state index contributed by atoms with van der Waals surface area (Å²) in [5, 5.41) is 9.99. The van der Waals surface area contributed by atoms with E-state index >= 15 is 0 Å². The number of rotatable bonds is 11. The Hall–Kier alpha value is -3.71. The minimum absolute atomic E-state index is 0.0511. The van der Waals surface area contributed by atoms with Crippen molar-refractivity contribution in [2.45, 2.75) is 36.4 Å². The highest BCUT2D eigenvalue weighted by molar-refractivity contribution is 7.89. The first-order valence-corrected chi connectivity index (χ1v) is 15.3. The number of ether oxygens (including phenoxy) is 3. The monoisotopic (exact) mass is 598 g/mol. The molecule has 1 amide bonds. The molecule has 0 unspecified atom stereocenters. The molecule has 3 heterocycles. The topological polar surface area (TPSA) is 136 Å². The number of benzene rings is 2. The van der Waals surface area contributed by atoms with Crippen molar-refractivity contribution in [3.63, 3.8) is 0 Å². The lowest BCUT2D eigenvalue weighted by Crippen LogP contribution is -2.38. The van der Waals surface area contributed by atoms with Crippen molar-refractivity contribution in [3.8, 4) is 5.75 Å². The molecular formula is C30H34N2O9S. The molecule has 0 bridgehead atoms. The summed E-state index contributed by atoms with van der Waals surface area (Å²) in [6.45, 7) is 0.566. The summed E-state index contributed by atoms with van der Waals surface area (Å²) < 4.78 is 50.4. The van der Waals surface area contributed by atoms with Crippen LogP contribution in [0, 0.1) is 0 Å². The highest BCUT2D eigenvalue weighted by Gasteiger charge is 2.34. The first-order chi connectivity index (χ1) is 20.3. The van der Waals surface area contributed by atoms with Gasteiger partial charge in [0.25, 0.3) is 5.91 Å². The number of fused-ring (bicyclic) bond motifs is 1. The van der Waals surface area contributed by atoms with Crippen LogP contribution in [0.3, 0.4) is 0 Å². The fourth-order valence-electron chi connectivity index (χ4n) is 5.20. The highest BCUT2D eigenvalue weighted by atomic mass is 32.2. The highest BCUT2D eigenvalue weighted by Crippen LogP contribution is 2.32. The second-order valence-corrected chi connectivity index (χ2v) is 12.0. The summed E-state index contributed by atoms with van der Waals surface area (Å²) in [7, 11) is -2.45. The van der Waals surface area contributed by atoms with E-state index in [1.807, 2.05) is 0 Å². The molecule has 11 nitrogen and oxygen atoms in total. The van der Waals surface area contributed by atoms with Crippen LogP contribution in [0.25, 0.3) is 11.0 Å². The Balaban J connectivity index is 1.34. The van der Waals surface area contributed by atoms with Gasteiger partial charge in [-0.2, -0.15) is 4.31 Å². The summed E-state index contributed by atoms with van der Waals surface area (Å²) in [6, 6.07) is 12.9. The van der Waals surface area contributed by atoms with Crippen molar-refractivity contribution in [1.82, 2.24) is 9.21 Å². The third kappa shape index (κ3) is 6.36. The number of carbonyl (C=O) groups excluding carboxylic acids is 1. The molecule has 2 aliphatic heterocycles. The van der Waals surface area contributed by atoms with E-state index in [-0.39, 0.29) is 54.7 Å². The first kappa shape index (κ1) is 29.8. The summed E-state index contributed by atoms with van der Waals surface area (Å²) in [6.07, 6.45) is 4.15. The van der Waals surface area contributed by atoms with Crippen LogP contribution in [0.2, 0.25) is 0 Å². The maximum absolute atomic E-state index is 13.4.